The molecule has 0 fully saturated rings. The Kier molecular flexibility index (Phi) is 5.90. The largest absolute Gasteiger partial charge is 0.310 e. The zero-order valence-electron chi connectivity index (χ0n) is 11.5. The van der Waals surface area contributed by atoms with Crippen molar-refractivity contribution < 1.29 is 8.78 Å². The van der Waals surface area contributed by atoms with Crippen LogP contribution in [0.25, 0.3) is 0 Å². The van der Waals surface area contributed by atoms with E-state index >= 15 is 0 Å². The highest BCUT2D eigenvalue weighted by molar-refractivity contribution is 9.11. The molecule has 0 radical (unpaired) electrons. The van der Waals surface area contributed by atoms with Crippen molar-refractivity contribution in [2.24, 2.45) is 0 Å². The molecule has 1 nitrogen and oxygen atoms in total. The van der Waals surface area contributed by atoms with Crippen LogP contribution >= 0.6 is 31.9 Å². The molecule has 0 bridgehead atoms. The normalized spacial score (nSPS) is 12.4. The van der Waals surface area contributed by atoms with Gasteiger partial charge in [-0.2, -0.15) is 0 Å². The van der Waals surface area contributed by atoms with Gasteiger partial charge in [-0.3, -0.25) is 0 Å². The number of benzene rings is 2. The molecule has 0 saturated heterocycles. The Labute approximate surface area is 140 Å². The summed E-state index contributed by atoms with van der Waals surface area (Å²) in [5, 5.41) is 3.36. The zero-order valence-corrected chi connectivity index (χ0v) is 14.6. The van der Waals surface area contributed by atoms with Crippen molar-refractivity contribution in [3.8, 4) is 0 Å². The third-order valence-corrected chi connectivity index (χ3v) is 4.40. The second kappa shape index (κ2) is 7.47. The molecule has 1 unspecified atom stereocenters. The summed E-state index contributed by atoms with van der Waals surface area (Å²) in [6, 6.07) is 9.78. The monoisotopic (exact) mass is 417 g/mol. The number of nitrogens with one attached hydrogen (secondary N) is 1. The Morgan fingerprint density at radius 3 is 2.33 bits per heavy atom. The predicted molar refractivity (Wildman–Crippen MR) is 88.3 cm³/mol. The lowest BCUT2D eigenvalue weighted by atomic mass is 10.1. The van der Waals surface area contributed by atoms with Crippen LogP contribution < -0.4 is 5.32 Å². The van der Waals surface area contributed by atoms with Crippen LogP contribution in [0.2, 0.25) is 0 Å². The predicted octanol–water partition coefficient (Wildman–Crippen LogP) is 5.38. The quantitative estimate of drug-likeness (QED) is 0.686. The maximum atomic E-state index is 13.1. The molecule has 0 spiro atoms. The van der Waals surface area contributed by atoms with Crippen molar-refractivity contribution in [3.05, 3.63) is 68.1 Å². The van der Waals surface area contributed by atoms with E-state index in [1.165, 1.54) is 12.1 Å². The molecule has 0 aliphatic heterocycles. The molecule has 2 aromatic rings. The topological polar surface area (TPSA) is 12.0 Å². The minimum absolute atomic E-state index is 0.144. The zero-order chi connectivity index (χ0) is 15.4. The van der Waals surface area contributed by atoms with E-state index in [4.69, 9.17) is 0 Å². The van der Waals surface area contributed by atoms with Crippen LogP contribution in [0, 0.1) is 11.6 Å². The molecule has 2 rings (SSSR count). The molecule has 2 aromatic carbocycles. The number of hydrogen-bond donors (Lipinski definition) is 1. The summed E-state index contributed by atoms with van der Waals surface area (Å²) in [6.07, 6.45) is 0.577. The first-order valence-electron chi connectivity index (χ1n) is 6.59. The fourth-order valence-electron chi connectivity index (χ4n) is 2.15. The summed E-state index contributed by atoms with van der Waals surface area (Å²) in [5.74, 6) is -1.07. The van der Waals surface area contributed by atoms with Crippen molar-refractivity contribution in [2.45, 2.75) is 19.4 Å². The van der Waals surface area contributed by atoms with Crippen LogP contribution in [-0.2, 0) is 6.42 Å². The molecular formula is C16H15Br2F2N. The lowest BCUT2D eigenvalue weighted by molar-refractivity contribution is 0.562. The number of rotatable bonds is 5. The van der Waals surface area contributed by atoms with Gasteiger partial charge in [-0.15, -0.1) is 0 Å². The summed E-state index contributed by atoms with van der Waals surface area (Å²) in [4.78, 5) is 0. The molecule has 1 N–H and O–H groups in total. The lowest BCUT2D eigenvalue weighted by Crippen LogP contribution is -2.21. The second-order valence-corrected chi connectivity index (χ2v) is 6.64. The maximum Gasteiger partial charge on any atom is 0.126 e. The van der Waals surface area contributed by atoms with Gasteiger partial charge in [0.1, 0.15) is 11.6 Å². The van der Waals surface area contributed by atoms with E-state index in [0.29, 0.717) is 18.5 Å². The Morgan fingerprint density at radius 1 is 1.05 bits per heavy atom. The highest BCUT2D eigenvalue weighted by Crippen LogP contribution is 2.26. The van der Waals surface area contributed by atoms with Crippen molar-refractivity contribution in [2.75, 3.05) is 6.54 Å². The van der Waals surface area contributed by atoms with E-state index in [1.54, 1.807) is 0 Å². The molecule has 21 heavy (non-hydrogen) atoms. The summed E-state index contributed by atoms with van der Waals surface area (Å²) in [5.41, 5.74) is 1.80. The molecule has 5 heteroatoms. The molecule has 1 atom stereocenters. The Morgan fingerprint density at radius 2 is 1.71 bits per heavy atom. The lowest BCUT2D eigenvalue weighted by Gasteiger charge is -2.16. The smallest absolute Gasteiger partial charge is 0.126 e. The van der Waals surface area contributed by atoms with E-state index in [1.807, 2.05) is 18.2 Å². The standard InChI is InChI=1S/C16H15Br2F2N/c1-10(15-3-2-12(17)8-16(15)18)21-5-4-11-6-13(19)9-14(20)7-11/h2-3,6-10,21H,4-5H2,1H3. The van der Waals surface area contributed by atoms with Gasteiger partial charge in [0.05, 0.1) is 0 Å². The van der Waals surface area contributed by atoms with E-state index in [-0.39, 0.29) is 6.04 Å². The summed E-state index contributed by atoms with van der Waals surface area (Å²) in [7, 11) is 0. The van der Waals surface area contributed by atoms with Crippen molar-refractivity contribution in [1.82, 2.24) is 5.32 Å². The van der Waals surface area contributed by atoms with E-state index < -0.39 is 11.6 Å². The van der Waals surface area contributed by atoms with Crippen LogP contribution in [0.4, 0.5) is 8.78 Å². The van der Waals surface area contributed by atoms with E-state index in [9.17, 15) is 8.78 Å². The summed E-state index contributed by atoms with van der Waals surface area (Å²) >= 11 is 6.96. The van der Waals surface area contributed by atoms with Crippen LogP contribution in [0.15, 0.2) is 45.3 Å². The molecule has 0 aliphatic carbocycles. The van der Waals surface area contributed by atoms with Crippen molar-refractivity contribution in [3.63, 3.8) is 0 Å². The first-order valence-corrected chi connectivity index (χ1v) is 8.17. The van der Waals surface area contributed by atoms with Crippen LogP contribution in [0.5, 0.6) is 0 Å². The minimum Gasteiger partial charge on any atom is -0.310 e. The van der Waals surface area contributed by atoms with Gasteiger partial charge in [0.2, 0.25) is 0 Å². The molecule has 0 amide bonds. The highest BCUT2D eigenvalue weighted by Gasteiger charge is 2.09. The second-order valence-electron chi connectivity index (χ2n) is 4.87. The maximum absolute atomic E-state index is 13.1. The SMILES string of the molecule is CC(NCCc1cc(F)cc(F)c1)c1ccc(Br)cc1Br. The van der Waals surface area contributed by atoms with Gasteiger partial charge in [0.25, 0.3) is 0 Å². The third-order valence-electron chi connectivity index (χ3n) is 3.22. The van der Waals surface area contributed by atoms with Gasteiger partial charge in [-0.1, -0.05) is 37.9 Å². The molecule has 0 aliphatic rings. The average molecular weight is 419 g/mol. The Hall–Kier alpha value is -0.780. The van der Waals surface area contributed by atoms with Crippen LogP contribution in [-0.4, -0.2) is 6.54 Å². The van der Waals surface area contributed by atoms with Crippen LogP contribution in [0.1, 0.15) is 24.1 Å². The van der Waals surface area contributed by atoms with Gasteiger partial charge in [0, 0.05) is 21.1 Å². The van der Waals surface area contributed by atoms with Crippen LogP contribution in [0.3, 0.4) is 0 Å². The number of hydrogen-bond acceptors (Lipinski definition) is 1. The highest BCUT2D eigenvalue weighted by atomic mass is 79.9. The van der Waals surface area contributed by atoms with Gasteiger partial charge >= 0.3 is 0 Å². The first-order chi connectivity index (χ1) is 9.95. The number of halogens is 4. The summed E-state index contributed by atoms with van der Waals surface area (Å²) < 4.78 is 28.2. The summed E-state index contributed by atoms with van der Waals surface area (Å²) in [6.45, 7) is 2.70. The Bertz CT molecular complexity index is 611. The molecule has 112 valence electrons. The molecule has 0 saturated carbocycles. The van der Waals surface area contributed by atoms with Gasteiger partial charge in [-0.25, -0.2) is 8.78 Å². The van der Waals surface area contributed by atoms with Gasteiger partial charge < -0.3 is 5.32 Å². The molecule has 0 aromatic heterocycles. The molecule has 0 heterocycles. The minimum atomic E-state index is -0.534. The molecular weight excluding hydrogens is 404 g/mol. The van der Waals surface area contributed by atoms with Crippen molar-refractivity contribution in [1.29, 1.82) is 0 Å². The van der Waals surface area contributed by atoms with E-state index in [0.717, 1.165) is 20.6 Å². The van der Waals surface area contributed by atoms with Crippen molar-refractivity contribution >= 4 is 31.9 Å². The fraction of sp³-hybridized carbons (Fsp3) is 0.250. The third kappa shape index (κ3) is 4.87. The average Bonchev–Trinajstić information content (AvgIpc) is 2.37. The first kappa shape index (κ1) is 16.6. The van der Waals surface area contributed by atoms with Gasteiger partial charge in [-0.05, 0) is 55.3 Å². The fourth-order valence-corrected chi connectivity index (χ4v) is 3.54. The Balaban J connectivity index is 1.93. The van der Waals surface area contributed by atoms with Gasteiger partial charge in [0.15, 0.2) is 0 Å². The van der Waals surface area contributed by atoms with E-state index in [2.05, 4.69) is 44.1 Å².